The molecule has 23 heavy (non-hydrogen) atoms. The van der Waals surface area contributed by atoms with Crippen LogP contribution in [0.3, 0.4) is 0 Å². The summed E-state index contributed by atoms with van der Waals surface area (Å²) in [6, 6.07) is -1.39. The second-order valence-electron chi connectivity index (χ2n) is 7.73. The second kappa shape index (κ2) is 4.94. The number of carboxylic acids is 1. The van der Waals surface area contributed by atoms with Crippen LogP contribution in [-0.4, -0.2) is 40.5 Å². The Hall–Kier alpha value is -1.62. The van der Waals surface area contributed by atoms with Crippen molar-refractivity contribution in [3.05, 3.63) is 24.8 Å². The van der Waals surface area contributed by atoms with Gasteiger partial charge < -0.3 is 15.7 Å². The van der Waals surface area contributed by atoms with Crippen molar-refractivity contribution in [2.45, 2.75) is 37.8 Å². The van der Waals surface area contributed by atoms with Crippen LogP contribution < -0.4 is 5.73 Å². The van der Waals surface area contributed by atoms with Gasteiger partial charge >= 0.3 is 5.97 Å². The first-order chi connectivity index (χ1) is 11.0. The summed E-state index contributed by atoms with van der Waals surface area (Å²) in [6.45, 7) is 4.39. The summed E-state index contributed by atoms with van der Waals surface area (Å²) in [6.07, 6.45) is 9.99. The smallest absolute Gasteiger partial charge is 0.326 e. The number of aliphatic carboxylic acids is 1. The summed E-state index contributed by atoms with van der Waals surface area (Å²) in [4.78, 5) is 26.4. The van der Waals surface area contributed by atoms with Gasteiger partial charge in [-0.1, -0.05) is 24.6 Å². The molecule has 124 valence electrons. The van der Waals surface area contributed by atoms with Crippen molar-refractivity contribution in [2.75, 3.05) is 6.54 Å². The first kappa shape index (κ1) is 14.9. The molecule has 1 saturated heterocycles. The highest BCUT2D eigenvalue weighted by atomic mass is 16.4. The van der Waals surface area contributed by atoms with Crippen molar-refractivity contribution in [3.8, 4) is 0 Å². The number of likely N-dealkylation sites (tertiary alicyclic amines) is 1. The normalized spacial score (nSPS) is 40.6. The van der Waals surface area contributed by atoms with Gasteiger partial charge in [0.1, 0.15) is 6.04 Å². The van der Waals surface area contributed by atoms with E-state index >= 15 is 0 Å². The van der Waals surface area contributed by atoms with E-state index in [2.05, 4.69) is 18.7 Å². The van der Waals surface area contributed by atoms with Crippen molar-refractivity contribution < 1.29 is 14.7 Å². The van der Waals surface area contributed by atoms with Gasteiger partial charge in [0, 0.05) is 17.9 Å². The molecule has 1 aliphatic heterocycles. The third-order valence-corrected chi connectivity index (χ3v) is 6.91. The fraction of sp³-hybridized carbons (Fsp3) is 0.667. The maximum Gasteiger partial charge on any atom is 0.326 e. The summed E-state index contributed by atoms with van der Waals surface area (Å²) in [7, 11) is 0. The number of allylic oxidation sites excluding steroid dienone is 2. The van der Waals surface area contributed by atoms with Gasteiger partial charge in [0.2, 0.25) is 5.91 Å². The minimum Gasteiger partial charge on any atom is -0.480 e. The molecule has 2 bridgehead atoms. The van der Waals surface area contributed by atoms with Crippen molar-refractivity contribution in [1.29, 1.82) is 0 Å². The minimum absolute atomic E-state index is 0.0553. The standard InChI is InChI=1S/C18H24N2O3/c1-2-18(6-3-7-18)15(19)16(21)20-9-12-10-4-5-11(8-10)13(12)14(20)17(22)23/h2,4-5,10-15H,1,3,6-9,19H2,(H,22,23)/t10-,11+,12-,13+,14+,15-/m1/s1. The predicted molar refractivity (Wildman–Crippen MR) is 85.3 cm³/mol. The number of carbonyl (C=O) groups excluding carboxylic acids is 1. The minimum atomic E-state index is -0.889. The van der Waals surface area contributed by atoms with Crippen molar-refractivity contribution in [1.82, 2.24) is 4.90 Å². The fourth-order valence-electron chi connectivity index (χ4n) is 5.41. The molecular formula is C18H24N2O3. The van der Waals surface area contributed by atoms with E-state index < -0.39 is 18.1 Å². The summed E-state index contributed by atoms with van der Waals surface area (Å²) < 4.78 is 0. The van der Waals surface area contributed by atoms with Crippen LogP contribution in [0, 0.1) is 29.1 Å². The van der Waals surface area contributed by atoms with Gasteiger partial charge in [-0.05, 0) is 37.0 Å². The average molecular weight is 316 g/mol. The Morgan fingerprint density at radius 1 is 1.35 bits per heavy atom. The van der Waals surface area contributed by atoms with E-state index in [-0.39, 0.29) is 23.2 Å². The van der Waals surface area contributed by atoms with Crippen LogP contribution in [-0.2, 0) is 9.59 Å². The molecule has 5 nitrogen and oxygen atoms in total. The summed E-state index contributed by atoms with van der Waals surface area (Å²) >= 11 is 0. The van der Waals surface area contributed by atoms with Crippen LogP contribution >= 0.6 is 0 Å². The summed E-state index contributed by atoms with van der Waals surface area (Å²) in [5.41, 5.74) is 5.94. The Morgan fingerprint density at radius 3 is 2.61 bits per heavy atom. The predicted octanol–water partition coefficient (Wildman–Crippen LogP) is 1.40. The molecule has 0 spiro atoms. The third-order valence-electron chi connectivity index (χ3n) is 6.91. The lowest BCUT2D eigenvalue weighted by molar-refractivity contribution is -0.152. The quantitative estimate of drug-likeness (QED) is 0.768. The van der Waals surface area contributed by atoms with Crippen molar-refractivity contribution in [3.63, 3.8) is 0 Å². The maximum atomic E-state index is 13.0. The van der Waals surface area contributed by atoms with Crippen molar-refractivity contribution >= 4 is 11.9 Å². The van der Waals surface area contributed by atoms with Crippen molar-refractivity contribution in [2.24, 2.45) is 34.8 Å². The van der Waals surface area contributed by atoms with E-state index in [0.717, 1.165) is 25.7 Å². The molecule has 3 aliphatic carbocycles. The Bertz CT molecular complexity index is 595. The van der Waals surface area contributed by atoms with Crippen LogP contribution in [0.15, 0.2) is 24.8 Å². The van der Waals surface area contributed by atoms with Crippen LogP contribution in [0.1, 0.15) is 25.7 Å². The average Bonchev–Trinajstić information content (AvgIpc) is 3.16. The number of amides is 1. The molecule has 3 fully saturated rings. The molecule has 1 amide bonds. The van der Waals surface area contributed by atoms with E-state index in [9.17, 15) is 14.7 Å². The molecular weight excluding hydrogens is 292 g/mol. The number of nitrogens with two attached hydrogens (primary N) is 1. The molecule has 1 heterocycles. The zero-order valence-electron chi connectivity index (χ0n) is 13.2. The second-order valence-corrected chi connectivity index (χ2v) is 7.73. The Labute approximate surface area is 136 Å². The highest BCUT2D eigenvalue weighted by molar-refractivity contribution is 5.89. The molecule has 0 unspecified atom stereocenters. The maximum absolute atomic E-state index is 13.0. The van der Waals surface area contributed by atoms with Crippen LogP contribution in [0.2, 0.25) is 0 Å². The van der Waals surface area contributed by atoms with Gasteiger partial charge in [0.05, 0.1) is 6.04 Å². The lowest BCUT2D eigenvalue weighted by Crippen LogP contribution is -2.58. The van der Waals surface area contributed by atoms with Crippen LogP contribution in [0.25, 0.3) is 0 Å². The molecule has 4 rings (SSSR count). The largest absolute Gasteiger partial charge is 0.480 e. The highest BCUT2D eigenvalue weighted by Crippen LogP contribution is 2.54. The van der Waals surface area contributed by atoms with Crippen LogP contribution in [0.5, 0.6) is 0 Å². The van der Waals surface area contributed by atoms with Gasteiger partial charge in [-0.2, -0.15) is 0 Å². The lowest BCUT2D eigenvalue weighted by atomic mass is 9.64. The number of carbonyl (C=O) groups is 2. The lowest BCUT2D eigenvalue weighted by Gasteiger charge is -2.44. The van der Waals surface area contributed by atoms with Gasteiger partial charge in [-0.15, -0.1) is 6.58 Å². The topological polar surface area (TPSA) is 83.6 Å². The Morgan fingerprint density at radius 2 is 2.04 bits per heavy atom. The molecule has 0 aromatic rings. The molecule has 0 aromatic heterocycles. The number of carboxylic acid groups (broad SMARTS) is 1. The van der Waals surface area contributed by atoms with Gasteiger partial charge in [-0.25, -0.2) is 4.79 Å². The molecule has 2 saturated carbocycles. The number of rotatable bonds is 4. The first-order valence-electron chi connectivity index (χ1n) is 8.59. The Balaban J connectivity index is 1.60. The Kier molecular flexibility index (Phi) is 3.21. The van der Waals surface area contributed by atoms with Gasteiger partial charge in [0.25, 0.3) is 0 Å². The van der Waals surface area contributed by atoms with E-state index in [0.29, 0.717) is 18.4 Å². The summed E-state index contributed by atoms with van der Waals surface area (Å²) in [5, 5.41) is 9.74. The molecule has 5 heteroatoms. The molecule has 6 atom stereocenters. The van der Waals surface area contributed by atoms with E-state index in [1.165, 1.54) is 0 Å². The SMILES string of the molecule is C=CC1([C@H](N)C(=O)N2C[C@H]3[C@@H]([C@H]2C(=O)O)[C@H]2C=C[C@@H]3C2)CCC1. The van der Waals surface area contributed by atoms with Gasteiger partial charge in [-0.3, -0.25) is 4.79 Å². The molecule has 4 aliphatic rings. The van der Waals surface area contributed by atoms with E-state index in [1.54, 1.807) is 11.0 Å². The third kappa shape index (κ3) is 1.89. The molecule has 0 radical (unpaired) electrons. The van der Waals surface area contributed by atoms with E-state index in [1.807, 2.05) is 0 Å². The fourth-order valence-corrected chi connectivity index (χ4v) is 5.41. The number of hydrogen-bond donors (Lipinski definition) is 2. The number of fused-ring (bicyclic) bond motifs is 5. The highest BCUT2D eigenvalue weighted by Gasteiger charge is 2.59. The molecule has 0 aromatic carbocycles. The number of nitrogens with zero attached hydrogens (tertiary/aromatic N) is 1. The first-order valence-corrected chi connectivity index (χ1v) is 8.59. The zero-order chi connectivity index (χ0) is 16.4. The summed E-state index contributed by atoms with van der Waals surface area (Å²) in [5.74, 6) is -0.0239. The van der Waals surface area contributed by atoms with E-state index in [4.69, 9.17) is 5.73 Å². The zero-order valence-corrected chi connectivity index (χ0v) is 13.2. The molecule has 3 N–H and O–H groups in total. The number of hydrogen-bond acceptors (Lipinski definition) is 3. The van der Waals surface area contributed by atoms with Crippen LogP contribution in [0.4, 0.5) is 0 Å². The van der Waals surface area contributed by atoms with Gasteiger partial charge in [0.15, 0.2) is 0 Å². The monoisotopic (exact) mass is 316 g/mol.